The Labute approximate surface area is 171 Å². The summed E-state index contributed by atoms with van der Waals surface area (Å²) in [6.45, 7) is 8.05. The van der Waals surface area contributed by atoms with Crippen LogP contribution >= 0.6 is 0 Å². The number of carbonyl (C=O) groups is 3. The zero-order chi connectivity index (χ0) is 21.3. The van der Waals surface area contributed by atoms with E-state index in [9.17, 15) is 14.4 Å². The zero-order valence-corrected chi connectivity index (χ0v) is 17.7. The van der Waals surface area contributed by atoms with Crippen molar-refractivity contribution in [3.8, 4) is 0 Å². The van der Waals surface area contributed by atoms with Gasteiger partial charge in [0.2, 0.25) is 0 Å². The van der Waals surface area contributed by atoms with Gasteiger partial charge in [-0.1, -0.05) is 17.7 Å². The van der Waals surface area contributed by atoms with E-state index in [-0.39, 0.29) is 24.3 Å². The number of benzene rings is 1. The monoisotopic (exact) mass is 396 g/mol. The van der Waals surface area contributed by atoms with Crippen LogP contribution < -0.4 is 0 Å². The summed E-state index contributed by atoms with van der Waals surface area (Å²) in [6, 6.07) is 7.51. The summed E-state index contributed by atoms with van der Waals surface area (Å²) >= 11 is 0. The fourth-order valence-corrected chi connectivity index (χ4v) is 3.91. The highest BCUT2D eigenvalue weighted by molar-refractivity contribution is 6.06. The Morgan fingerprint density at radius 2 is 1.72 bits per heavy atom. The first-order chi connectivity index (χ1) is 13.8. The second-order valence-corrected chi connectivity index (χ2v) is 7.62. The highest BCUT2D eigenvalue weighted by Crippen LogP contribution is 2.30. The van der Waals surface area contributed by atoms with E-state index in [0.717, 1.165) is 24.1 Å². The maximum atomic E-state index is 13.3. The van der Waals surface area contributed by atoms with Gasteiger partial charge in [-0.3, -0.25) is 9.59 Å². The van der Waals surface area contributed by atoms with E-state index < -0.39 is 5.97 Å². The number of ether oxygens (including phenoxy) is 1. The lowest BCUT2D eigenvalue weighted by molar-refractivity contribution is 0.0587. The number of methoxy groups -OCH3 is 1. The maximum absolute atomic E-state index is 13.3. The molecule has 0 unspecified atom stereocenters. The summed E-state index contributed by atoms with van der Waals surface area (Å²) in [5.41, 5.74) is 3.92. The van der Waals surface area contributed by atoms with Crippen LogP contribution in [0.1, 0.15) is 67.8 Å². The van der Waals surface area contributed by atoms with Gasteiger partial charge in [-0.05, 0) is 58.2 Å². The number of esters is 1. The Morgan fingerprint density at radius 3 is 2.24 bits per heavy atom. The van der Waals surface area contributed by atoms with Gasteiger partial charge >= 0.3 is 5.97 Å². The second-order valence-electron chi connectivity index (χ2n) is 7.62. The lowest BCUT2D eigenvalue weighted by Crippen LogP contribution is -2.37. The van der Waals surface area contributed by atoms with Gasteiger partial charge in [-0.2, -0.15) is 0 Å². The maximum Gasteiger partial charge on any atom is 0.354 e. The molecule has 0 aliphatic heterocycles. The van der Waals surface area contributed by atoms with Gasteiger partial charge in [0.05, 0.1) is 13.7 Å². The molecule has 0 saturated heterocycles. The molecule has 1 fully saturated rings. The molecule has 0 radical (unpaired) electrons. The standard InChI is InChI=1S/C23H28N2O4/c1-6-24-16(4)20(15(3)21(24)23(28)29-5)19(26)13-25(18-11-12-18)22(27)17-9-7-14(2)8-10-17/h7-10,18H,6,11-13H2,1-5H3. The molecule has 29 heavy (non-hydrogen) atoms. The molecule has 1 saturated carbocycles. The number of carbonyl (C=O) groups excluding carboxylic acids is 3. The quantitative estimate of drug-likeness (QED) is 0.529. The van der Waals surface area contributed by atoms with Gasteiger partial charge in [-0.25, -0.2) is 4.79 Å². The Bertz CT molecular complexity index is 952. The summed E-state index contributed by atoms with van der Waals surface area (Å²) < 4.78 is 6.71. The number of amides is 1. The van der Waals surface area contributed by atoms with Crippen molar-refractivity contribution in [2.75, 3.05) is 13.7 Å². The number of aryl methyl sites for hydroxylation is 1. The molecule has 1 aromatic heterocycles. The molecule has 0 atom stereocenters. The largest absolute Gasteiger partial charge is 0.464 e. The van der Waals surface area contributed by atoms with E-state index in [1.807, 2.05) is 32.9 Å². The topological polar surface area (TPSA) is 68.6 Å². The minimum atomic E-state index is -0.457. The van der Waals surface area contributed by atoms with Crippen LogP contribution in [0.4, 0.5) is 0 Å². The number of rotatable bonds is 7. The summed E-state index contributed by atoms with van der Waals surface area (Å²) in [5, 5.41) is 0. The molecule has 154 valence electrons. The van der Waals surface area contributed by atoms with Gasteiger partial charge in [-0.15, -0.1) is 0 Å². The van der Waals surface area contributed by atoms with Crippen molar-refractivity contribution >= 4 is 17.7 Å². The minimum Gasteiger partial charge on any atom is -0.464 e. The van der Waals surface area contributed by atoms with E-state index >= 15 is 0 Å². The third-order valence-electron chi connectivity index (χ3n) is 5.60. The van der Waals surface area contributed by atoms with Crippen LogP contribution in [0.15, 0.2) is 24.3 Å². The lowest BCUT2D eigenvalue weighted by Gasteiger charge is -2.22. The van der Waals surface area contributed by atoms with Gasteiger partial charge in [0.25, 0.3) is 5.91 Å². The second kappa shape index (κ2) is 8.23. The molecule has 1 aliphatic rings. The molecule has 6 heteroatoms. The third-order valence-corrected chi connectivity index (χ3v) is 5.60. The van der Waals surface area contributed by atoms with Gasteiger partial charge in [0.15, 0.2) is 5.78 Å². The highest BCUT2D eigenvalue weighted by Gasteiger charge is 2.36. The summed E-state index contributed by atoms with van der Waals surface area (Å²) in [6.07, 6.45) is 1.82. The van der Waals surface area contributed by atoms with E-state index in [1.165, 1.54) is 7.11 Å². The normalized spacial score (nSPS) is 13.3. The van der Waals surface area contributed by atoms with Crippen molar-refractivity contribution in [1.82, 2.24) is 9.47 Å². The van der Waals surface area contributed by atoms with Crippen LogP contribution in [0, 0.1) is 20.8 Å². The van der Waals surface area contributed by atoms with Gasteiger partial charge in [0, 0.05) is 29.4 Å². The average Bonchev–Trinajstić information content (AvgIpc) is 3.50. The van der Waals surface area contributed by atoms with E-state index in [0.29, 0.717) is 28.9 Å². The van der Waals surface area contributed by atoms with Crippen molar-refractivity contribution in [2.45, 2.75) is 53.1 Å². The van der Waals surface area contributed by atoms with Crippen LogP contribution in [0.25, 0.3) is 0 Å². The fourth-order valence-electron chi connectivity index (χ4n) is 3.91. The Kier molecular flexibility index (Phi) is 5.91. The average molecular weight is 396 g/mol. The van der Waals surface area contributed by atoms with Crippen LogP contribution in [0.5, 0.6) is 0 Å². The van der Waals surface area contributed by atoms with Crippen molar-refractivity contribution in [1.29, 1.82) is 0 Å². The predicted molar refractivity (Wildman–Crippen MR) is 110 cm³/mol. The first kappa shape index (κ1) is 20.8. The fraction of sp³-hybridized carbons (Fsp3) is 0.435. The van der Waals surface area contributed by atoms with E-state index in [4.69, 9.17) is 4.74 Å². The smallest absolute Gasteiger partial charge is 0.354 e. The highest BCUT2D eigenvalue weighted by atomic mass is 16.5. The first-order valence-corrected chi connectivity index (χ1v) is 9.98. The summed E-state index contributed by atoms with van der Waals surface area (Å²) in [7, 11) is 1.33. The van der Waals surface area contributed by atoms with Crippen molar-refractivity contribution in [3.63, 3.8) is 0 Å². The van der Waals surface area contributed by atoms with Crippen LogP contribution in [-0.2, 0) is 11.3 Å². The molecule has 1 aromatic carbocycles. The number of Topliss-reactive ketones (excluding diaryl/α,β-unsaturated/α-hetero) is 1. The Hall–Kier alpha value is -2.89. The molecule has 3 rings (SSSR count). The van der Waals surface area contributed by atoms with Crippen LogP contribution in [-0.4, -0.2) is 46.8 Å². The molecule has 2 aromatic rings. The summed E-state index contributed by atoms with van der Waals surface area (Å²) in [5.74, 6) is -0.731. The number of ketones is 1. The van der Waals surface area contributed by atoms with Crippen molar-refractivity contribution in [3.05, 3.63) is 57.9 Å². The third kappa shape index (κ3) is 3.97. The Morgan fingerprint density at radius 1 is 1.10 bits per heavy atom. The number of nitrogens with zero attached hydrogens (tertiary/aromatic N) is 2. The molecule has 1 aliphatic carbocycles. The van der Waals surface area contributed by atoms with E-state index in [2.05, 4.69) is 0 Å². The Balaban J connectivity index is 1.91. The van der Waals surface area contributed by atoms with Crippen molar-refractivity contribution < 1.29 is 19.1 Å². The number of hydrogen-bond acceptors (Lipinski definition) is 4. The molecule has 1 heterocycles. The molecule has 1 amide bonds. The SMILES string of the molecule is CCn1c(C)c(C(=O)CN(C(=O)c2ccc(C)cc2)C2CC2)c(C)c1C(=O)OC. The molecular formula is C23H28N2O4. The molecular weight excluding hydrogens is 368 g/mol. The van der Waals surface area contributed by atoms with Crippen LogP contribution in [0.3, 0.4) is 0 Å². The molecule has 0 N–H and O–H groups in total. The van der Waals surface area contributed by atoms with Gasteiger partial charge < -0.3 is 14.2 Å². The van der Waals surface area contributed by atoms with E-state index in [1.54, 1.807) is 28.5 Å². The van der Waals surface area contributed by atoms with Gasteiger partial charge in [0.1, 0.15) is 5.69 Å². The predicted octanol–water partition coefficient (Wildman–Crippen LogP) is 3.71. The summed E-state index contributed by atoms with van der Waals surface area (Å²) in [4.78, 5) is 40.2. The lowest BCUT2D eigenvalue weighted by atomic mass is 10.0. The van der Waals surface area contributed by atoms with Crippen LogP contribution in [0.2, 0.25) is 0 Å². The van der Waals surface area contributed by atoms with Crippen molar-refractivity contribution in [2.24, 2.45) is 0 Å². The molecule has 0 spiro atoms. The number of hydrogen-bond donors (Lipinski definition) is 0. The molecule has 6 nitrogen and oxygen atoms in total. The zero-order valence-electron chi connectivity index (χ0n) is 17.7. The minimum absolute atomic E-state index is 0.00734. The first-order valence-electron chi connectivity index (χ1n) is 9.98. The number of aromatic nitrogens is 1. The molecule has 0 bridgehead atoms.